The van der Waals surface area contributed by atoms with E-state index in [1.807, 2.05) is 5.32 Å². The van der Waals surface area contributed by atoms with Gasteiger partial charge in [-0.15, -0.1) is 0 Å². The molecule has 35 heteroatoms. The SMILES string of the molecule is CSCC[C@H](NC(=O)[C@H](Cc1c[nH]c2ccccc12)NC(=O)[C@H](Cc1ccc(O)cc1)NC(=O)[C@H](CO)NC(=O)[C@H](Cc1ccc(O)cc1)NC(=O)[C@H](CC(N)=O)NC(=O)[C@@H](CC(N)=O)NC(=O)[C@@H](N)CCCNC(=N)N)C(=O)N[C@@H](CO)C(=O)N[C@H](C(=O)O)[C@@H](C)O. The lowest BCUT2D eigenvalue weighted by Gasteiger charge is -2.28. The van der Waals surface area contributed by atoms with E-state index in [0.29, 0.717) is 22.0 Å². The van der Waals surface area contributed by atoms with Gasteiger partial charge in [0.2, 0.25) is 65.0 Å². The maximum absolute atomic E-state index is 14.8. The number of aromatic hydroxyl groups is 2. The van der Waals surface area contributed by atoms with E-state index in [0.717, 1.165) is 6.92 Å². The average molecular weight is 1320 g/mol. The summed E-state index contributed by atoms with van der Waals surface area (Å²) >= 11 is 1.26. The number of phenolic OH excluding ortho intramolecular Hbond substituents is 2. The molecule has 4 rings (SSSR count). The summed E-state index contributed by atoms with van der Waals surface area (Å²) in [7, 11) is 0. The van der Waals surface area contributed by atoms with Crippen LogP contribution in [0.25, 0.3) is 10.9 Å². The van der Waals surface area contributed by atoms with Crippen LogP contribution in [0.4, 0.5) is 0 Å². The molecule has 0 saturated carbocycles. The van der Waals surface area contributed by atoms with Crippen LogP contribution in [-0.2, 0) is 76.8 Å². The monoisotopic (exact) mass is 1320 g/mol. The second-order valence-corrected chi connectivity index (χ2v) is 22.4. The van der Waals surface area contributed by atoms with Crippen LogP contribution in [0.5, 0.6) is 11.5 Å². The summed E-state index contributed by atoms with van der Waals surface area (Å²) in [5.74, 6) is -14.5. The number of aliphatic carboxylic acids is 1. The molecule has 34 nitrogen and oxygen atoms in total. The molecule has 0 spiro atoms. The number of amides is 11. The number of aliphatic hydroxyl groups is 3. The molecule has 0 aliphatic heterocycles. The molecule has 1 heterocycles. The Morgan fingerprint density at radius 2 is 0.935 bits per heavy atom. The van der Waals surface area contributed by atoms with Crippen LogP contribution >= 0.6 is 11.8 Å². The zero-order chi connectivity index (χ0) is 69.1. The van der Waals surface area contributed by atoms with E-state index < -0.39 is 176 Å². The van der Waals surface area contributed by atoms with Crippen LogP contribution in [0.15, 0.2) is 79.0 Å². The summed E-state index contributed by atoms with van der Waals surface area (Å²) in [5.41, 5.74) is 23.8. The fourth-order valence-electron chi connectivity index (χ4n) is 9.10. The van der Waals surface area contributed by atoms with Gasteiger partial charge in [0.25, 0.3) is 0 Å². The molecule has 1 aromatic heterocycles. The van der Waals surface area contributed by atoms with Crippen LogP contribution < -0.4 is 76.1 Å². The number of benzene rings is 3. The van der Waals surface area contributed by atoms with Gasteiger partial charge in [-0.1, -0.05) is 42.5 Å². The van der Waals surface area contributed by atoms with Crippen LogP contribution in [0.3, 0.4) is 0 Å². The number of aromatic nitrogens is 1. The Morgan fingerprint density at radius 1 is 0.538 bits per heavy atom. The number of carbonyl (C=O) groups excluding carboxylic acids is 11. The van der Waals surface area contributed by atoms with Gasteiger partial charge in [-0.25, -0.2) is 4.79 Å². The van der Waals surface area contributed by atoms with E-state index in [2.05, 4.69) is 52.8 Å². The lowest BCUT2D eigenvalue weighted by atomic mass is 10.0. The van der Waals surface area contributed by atoms with Crippen molar-refractivity contribution in [3.8, 4) is 11.5 Å². The van der Waals surface area contributed by atoms with E-state index in [4.69, 9.17) is 28.3 Å². The average Bonchev–Trinajstić information content (AvgIpc) is 1.83. The normalized spacial score (nSPS) is 14.6. The predicted octanol–water partition coefficient (Wildman–Crippen LogP) is -6.49. The Labute approximate surface area is 536 Å². The third-order valence-corrected chi connectivity index (χ3v) is 14.7. The Kier molecular flexibility index (Phi) is 30.2. The van der Waals surface area contributed by atoms with Crippen molar-refractivity contribution in [3.63, 3.8) is 0 Å². The van der Waals surface area contributed by atoms with Gasteiger partial charge in [-0.2, -0.15) is 11.8 Å². The third kappa shape index (κ3) is 24.9. The zero-order valence-corrected chi connectivity index (χ0v) is 51.5. The highest BCUT2D eigenvalue weighted by Crippen LogP contribution is 2.21. The molecule has 3 aromatic carbocycles. The lowest BCUT2D eigenvalue weighted by Crippen LogP contribution is -2.62. The number of primary amides is 2. The number of aromatic amines is 1. The van der Waals surface area contributed by atoms with E-state index in [1.54, 1.807) is 36.7 Å². The molecule has 93 heavy (non-hydrogen) atoms. The number of guanidine groups is 1. The maximum atomic E-state index is 14.8. The van der Waals surface area contributed by atoms with Crippen LogP contribution in [0, 0.1) is 5.41 Å². The van der Waals surface area contributed by atoms with Crippen molar-refractivity contribution in [1.82, 2.24) is 58.2 Å². The number of hydrogen-bond acceptors (Lipinski definition) is 20. The molecular formula is C58H80N16O18S. The Hall–Kier alpha value is -10.1. The van der Waals surface area contributed by atoms with Crippen molar-refractivity contribution in [3.05, 3.63) is 95.7 Å². The van der Waals surface area contributed by atoms with Gasteiger partial charge in [0.1, 0.15) is 59.8 Å². The second kappa shape index (κ2) is 37.3. The fourth-order valence-corrected chi connectivity index (χ4v) is 9.57. The fraction of sp³-hybridized carbons (Fsp3) is 0.431. The van der Waals surface area contributed by atoms with Crippen molar-refractivity contribution in [2.45, 2.75) is 125 Å². The van der Waals surface area contributed by atoms with Gasteiger partial charge in [0.15, 0.2) is 12.0 Å². The second-order valence-electron chi connectivity index (χ2n) is 21.4. The minimum Gasteiger partial charge on any atom is -0.508 e. The highest BCUT2D eigenvalue weighted by atomic mass is 32.2. The molecule has 0 saturated heterocycles. The van der Waals surface area contributed by atoms with Crippen molar-refractivity contribution in [2.75, 3.05) is 31.8 Å². The number of nitrogens with two attached hydrogens (primary N) is 4. The molecule has 0 unspecified atom stereocenters. The van der Waals surface area contributed by atoms with Gasteiger partial charge in [0, 0.05) is 42.9 Å². The molecule has 506 valence electrons. The molecule has 26 N–H and O–H groups in total. The molecule has 11 atom stereocenters. The van der Waals surface area contributed by atoms with Gasteiger partial charge in [-0.3, -0.25) is 58.1 Å². The van der Waals surface area contributed by atoms with Crippen molar-refractivity contribution >= 4 is 99.6 Å². The summed E-state index contributed by atoms with van der Waals surface area (Å²) in [5, 5.41) is 92.0. The number of para-hydroxylation sites is 1. The standard InChI is InChI=1S/C58H80N16O18S/c1-28(77)47(57(91)92)74-56(90)44(27-76)72-49(83)37(17-19-93-2)66-52(86)40(22-31-25-65-36-8-4-3-6-34(31)36)70-50(84)38(20-29-9-13-32(78)14-10-29)69-55(89)43(26-75)73-51(85)39(21-30-11-15-33(79)16-12-30)68-54(88)42(24-46(61)81)71-53(87)41(23-45(60)80)67-48(82)35(59)7-5-18-64-58(62)63/h3-4,6,8-16,25,28,35,37-44,47,65,75-79H,5,7,17-24,26-27,59H2,1-2H3,(H2,60,80)(H2,61,81)(H,66,86)(H,67,82)(H,68,88)(H,69,89)(H,70,84)(H,71,87)(H,72,83)(H,73,85)(H,74,90)(H,91,92)(H4,62,63,64)/t28-,35+,37+,38+,39+,40+,41-,42+,43+,44+,47+/m1/s1. The molecule has 0 aliphatic carbocycles. The largest absolute Gasteiger partial charge is 0.508 e. The summed E-state index contributed by atoms with van der Waals surface area (Å²) < 4.78 is 0. The van der Waals surface area contributed by atoms with Crippen molar-refractivity contribution < 1.29 is 88.2 Å². The van der Waals surface area contributed by atoms with Crippen LogP contribution in [0.2, 0.25) is 0 Å². The minimum absolute atomic E-state index is 0.0109. The van der Waals surface area contributed by atoms with Crippen molar-refractivity contribution in [2.24, 2.45) is 22.9 Å². The number of carboxylic acids is 1. The van der Waals surface area contributed by atoms with E-state index in [1.165, 1.54) is 60.3 Å². The number of aliphatic hydroxyl groups excluding tert-OH is 3. The molecular weight excluding hydrogens is 1240 g/mol. The first-order valence-electron chi connectivity index (χ1n) is 28.9. The number of phenols is 2. The predicted molar refractivity (Wildman–Crippen MR) is 334 cm³/mol. The number of H-pyrrole nitrogens is 1. The smallest absolute Gasteiger partial charge is 0.328 e. The Balaban J connectivity index is 1.67. The molecule has 0 fully saturated rings. The Morgan fingerprint density at radius 3 is 1.38 bits per heavy atom. The molecule has 0 bridgehead atoms. The van der Waals surface area contributed by atoms with Gasteiger partial charge in [-0.05, 0) is 85.2 Å². The number of nitrogens with one attached hydrogen (secondary N) is 12. The number of rotatable bonds is 39. The molecule has 0 aliphatic rings. The van der Waals surface area contributed by atoms with E-state index >= 15 is 0 Å². The van der Waals surface area contributed by atoms with E-state index in [-0.39, 0.29) is 61.0 Å². The summed E-state index contributed by atoms with van der Waals surface area (Å²) in [6.07, 6.45) is -1.09. The highest BCUT2D eigenvalue weighted by Gasteiger charge is 2.37. The number of hydrogen-bond donors (Lipinski definition) is 22. The number of fused-ring (bicyclic) bond motifs is 1. The number of carboxylic acid groups (broad SMARTS) is 1. The maximum Gasteiger partial charge on any atom is 0.328 e. The molecule has 4 aromatic rings. The minimum atomic E-state index is -1.96. The summed E-state index contributed by atoms with van der Waals surface area (Å²) in [6, 6.07) is 0.330. The van der Waals surface area contributed by atoms with Gasteiger partial charge >= 0.3 is 5.97 Å². The van der Waals surface area contributed by atoms with Gasteiger partial charge in [0.05, 0.1) is 38.2 Å². The Bertz CT molecular complexity index is 3280. The quantitative estimate of drug-likeness (QED) is 0.0112. The van der Waals surface area contributed by atoms with Gasteiger partial charge < -0.3 is 112 Å². The highest BCUT2D eigenvalue weighted by molar-refractivity contribution is 7.98. The molecule has 0 radical (unpaired) electrons. The number of carbonyl (C=O) groups is 12. The summed E-state index contributed by atoms with van der Waals surface area (Å²) in [4.78, 5) is 166. The first kappa shape index (κ1) is 75.4. The van der Waals surface area contributed by atoms with Crippen LogP contribution in [-0.4, -0.2) is 211 Å². The van der Waals surface area contributed by atoms with Crippen molar-refractivity contribution in [1.29, 1.82) is 5.41 Å². The summed E-state index contributed by atoms with van der Waals surface area (Å²) in [6.45, 7) is -0.975. The first-order chi connectivity index (χ1) is 44.0. The first-order valence-corrected chi connectivity index (χ1v) is 30.3. The zero-order valence-electron chi connectivity index (χ0n) is 50.6. The molecule has 11 amide bonds. The van der Waals surface area contributed by atoms with E-state index in [9.17, 15) is 88.2 Å². The number of thioether (sulfide) groups is 1. The topological polar surface area (TPSA) is 590 Å². The van der Waals surface area contributed by atoms with Crippen LogP contribution in [0.1, 0.15) is 55.7 Å². The lowest BCUT2D eigenvalue weighted by molar-refractivity contribution is -0.145. The third-order valence-electron chi connectivity index (χ3n) is 14.1.